The third-order valence-electron chi connectivity index (χ3n) is 7.47. The second-order valence-corrected chi connectivity index (χ2v) is 10.3. The Labute approximate surface area is 246 Å². The fraction of sp³-hybridized carbons (Fsp3) is 0.167. The van der Waals surface area contributed by atoms with Crippen LogP contribution in [0.3, 0.4) is 0 Å². The molecule has 210 valence electrons. The van der Waals surface area contributed by atoms with E-state index in [1.165, 1.54) is 10.0 Å². The van der Waals surface area contributed by atoms with Crippen LogP contribution in [0.1, 0.15) is 22.3 Å². The van der Waals surface area contributed by atoms with Gasteiger partial charge in [-0.25, -0.2) is 10.0 Å². The molecule has 0 radical (unpaired) electrons. The van der Waals surface area contributed by atoms with Gasteiger partial charge >= 0.3 is 0 Å². The van der Waals surface area contributed by atoms with Crippen molar-refractivity contribution in [2.45, 2.75) is 37.5 Å². The maximum Gasteiger partial charge on any atom is 0.273 e. The van der Waals surface area contributed by atoms with Crippen molar-refractivity contribution in [2.24, 2.45) is 0 Å². The Balaban J connectivity index is 1.25. The van der Waals surface area contributed by atoms with E-state index in [9.17, 15) is 9.59 Å². The molecule has 4 aromatic carbocycles. The number of hydrogen-bond donors (Lipinski definition) is 0. The highest BCUT2D eigenvalue weighted by Gasteiger charge is 2.59. The van der Waals surface area contributed by atoms with Crippen LogP contribution in [0.15, 0.2) is 133 Å². The van der Waals surface area contributed by atoms with Crippen molar-refractivity contribution < 1.29 is 19.1 Å². The topological polar surface area (TPSA) is 59.1 Å². The second-order valence-electron chi connectivity index (χ2n) is 10.3. The Kier molecular flexibility index (Phi) is 8.36. The average molecular weight is 557 g/mol. The zero-order chi connectivity index (χ0) is 28.7. The summed E-state index contributed by atoms with van der Waals surface area (Å²) >= 11 is 0. The van der Waals surface area contributed by atoms with E-state index in [4.69, 9.17) is 9.47 Å². The number of carbonyl (C=O) groups is 2. The van der Waals surface area contributed by atoms with Crippen molar-refractivity contribution in [1.82, 2.24) is 10.0 Å². The standard InChI is InChI=1S/C36H32N2O4/c39-35-33(41-25-29-17-9-3-10-18-29)31(23-21-27-13-5-1-6-14-27)37(35)38-32(24-22-28-15-7-2-8-16-28)34(36(38)40)42-26-30-19-11-4-12-20-30/h1-24,31-34H,25-26H2/b23-21+,24-22+/t31-,32?,33+,34?/m1/s1. The quantitative estimate of drug-likeness (QED) is 0.215. The first-order valence-corrected chi connectivity index (χ1v) is 14.1. The van der Waals surface area contributed by atoms with Gasteiger partial charge in [0.1, 0.15) is 12.1 Å². The summed E-state index contributed by atoms with van der Waals surface area (Å²) in [7, 11) is 0. The van der Waals surface area contributed by atoms with Crippen LogP contribution in [0.25, 0.3) is 12.2 Å². The lowest BCUT2D eigenvalue weighted by Gasteiger charge is -2.57. The molecular weight excluding hydrogens is 524 g/mol. The first kappa shape index (κ1) is 27.4. The summed E-state index contributed by atoms with van der Waals surface area (Å²) in [6.07, 6.45) is 6.39. The van der Waals surface area contributed by atoms with Crippen molar-refractivity contribution in [3.8, 4) is 0 Å². The summed E-state index contributed by atoms with van der Waals surface area (Å²) in [5.74, 6) is -0.497. The molecule has 4 atom stereocenters. The summed E-state index contributed by atoms with van der Waals surface area (Å²) in [5, 5.41) is 3.06. The smallest absolute Gasteiger partial charge is 0.273 e. The maximum absolute atomic E-state index is 13.6. The number of amides is 2. The molecule has 0 bridgehead atoms. The molecule has 2 aliphatic heterocycles. The third-order valence-corrected chi connectivity index (χ3v) is 7.47. The minimum absolute atomic E-state index is 0.249. The molecule has 2 saturated heterocycles. The normalized spacial score (nSPS) is 22.0. The van der Waals surface area contributed by atoms with E-state index < -0.39 is 24.3 Å². The summed E-state index contributed by atoms with van der Waals surface area (Å²) in [4.78, 5) is 27.2. The van der Waals surface area contributed by atoms with Gasteiger partial charge < -0.3 is 9.47 Å². The van der Waals surface area contributed by atoms with Crippen LogP contribution in [0.4, 0.5) is 0 Å². The van der Waals surface area contributed by atoms with Crippen LogP contribution in [0.2, 0.25) is 0 Å². The zero-order valence-corrected chi connectivity index (χ0v) is 23.1. The lowest BCUT2D eigenvalue weighted by atomic mass is 9.93. The second kappa shape index (κ2) is 12.8. The molecule has 2 amide bonds. The van der Waals surface area contributed by atoms with Gasteiger partial charge in [0.05, 0.1) is 13.2 Å². The number of rotatable bonds is 11. The van der Waals surface area contributed by atoms with Gasteiger partial charge in [0.15, 0.2) is 12.2 Å². The predicted octanol–water partition coefficient (Wildman–Crippen LogP) is 5.92. The van der Waals surface area contributed by atoms with E-state index in [2.05, 4.69) is 0 Å². The Bertz CT molecular complexity index is 1420. The van der Waals surface area contributed by atoms with E-state index in [0.717, 1.165) is 22.3 Å². The number of ether oxygens (including phenoxy) is 2. The van der Waals surface area contributed by atoms with E-state index in [0.29, 0.717) is 13.2 Å². The van der Waals surface area contributed by atoms with Gasteiger partial charge in [-0.2, -0.15) is 0 Å². The molecule has 2 fully saturated rings. The minimum Gasteiger partial charge on any atom is -0.361 e. The number of carbonyl (C=O) groups excluding carboxylic acids is 2. The van der Waals surface area contributed by atoms with Gasteiger partial charge in [0, 0.05) is 0 Å². The molecule has 0 N–H and O–H groups in total. The summed E-state index contributed by atoms with van der Waals surface area (Å²) < 4.78 is 12.3. The molecule has 6 nitrogen and oxygen atoms in total. The molecule has 0 saturated carbocycles. The van der Waals surface area contributed by atoms with Crippen LogP contribution < -0.4 is 0 Å². The maximum atomic E-state index is 13.6. The van der Waals surface area contributed by atoms with Crippen molar-refractivity contribution in [3.63, 3.8) is 0 Å². The summed E-state index contributed by atoms with van der Waals surface area (Å²) in [6.45, 7) is 0.601. The van der Waals surface area contributed by atoms with E-state index in [-0.39, 0.29) is 11.8 Å². The van der Waals surface area contributed by atoms with Crippen LogP contribution in [-0.2, 0) is 32.3 Å². The summed E-state index contributed by atoms with van der Waals surface area (Å²) in [5.41, 5.74) is 3.96. The molecule has 2 unspecified atom stereocenters. The van der Waals surface area contributed by atoms with Crippen LogP contribution >= 0.6 is 0 Å². The molecule has 0 spiro atoms. The molecular formula is C36H32N2O4. The Morgan fingerprint density at radius 1 is 0.500 bits per heavy atom. The highest BCUT2D eigenvalue weighted by molar-refractivity contribution is 5.96. The van der Waals surface area contributed by atoms with Gasteiger partial charge in [0.25, 0.3) is 11.8 Å². The molecule has 2 aliphatic rings. The molecule has 0 aromatic heterocycles. The fourth-order valence-corrected chi connectivity index (χ4v) is 5.21. The fourth-order valence-electron chi connectivity index (χ4n) is 5.21. The van der Waals surface area contributed by atoms with Crippen molar-refractivity contribution in [3.05, 3.63) is 156 Å². The van der Waals surface area contributed by atoms with E-state index >= 15 is 0 Å². The van der Waals surface area contributed by atoms with Crippen molar-refractivity contribution >= 4 is 24.0 Å². The minimum atomic E-state index is -0.707. The van der Waals surface area contributed by atoms with Gasteiger partial charge in [-0.05, 0) is 22.3 Å². The summed E-state index contributed by atoms with van der Waals surface area (Å²) in [6, 6.07) is 38.4. The van der Waals surface area contributed by atoms with Crippen molar-refractivity contribution in [2.75, 3.05) is 0 Å². The van der Waals surface area contributed by atoms with Crippen molar-refractivity contribution in [1.29, 1.82) is 0 Å². The number of hydrazine groups is 1. The highest BCUT2D eigenvalue weighted by atomic mass is 16.5. The lowest BCUT2D eigenvalue weighted by Crippen LogP contribution is -2.80. The van der Waals surface area contributed by atoms with Gasteiger partial charge in [0.2, 0.25) is 0 Å². The predicted molar refractivity (Wildman–Crippen MR) is 162 cm³/mol. The Hall–Kier alpha value is -4.78. The Morgan fingerprint density at radius 2 is 0.833 bits per heavy atom. The monoisotopic (exact) mass is 556 g/mol. The lowest BCUT2D eigenvalue weighted by molar-refractivity contribution is -0.241. The van der Waals surface area contributed by atoms with E-state index in [1.807, 2.05) is 146 Å². The molecule has 2 heterocycles. The highest BCUT2D eigenvalue weighted by Crippen LogP contribution is 2.36. The van der Waals surface area contributed by atoms with Crippen LogP contribution in [0.5, 0.6) is 0 Å². The molecule has 42 heavy (non-hydrogen) atoms. The van der Waals surface area contributed by atoms with E-state index in [1.54, 1.807) is 0 Å². The third kappa shape index (κ3) is 5.96. The largest absolute Gasteiger partial charge is 0.361 e. The number of benzene rings is 4. The molecule has 0 aliphatic carbocycles. The van der Waals surface area contributed by atoms with Gasteiger partial charge in [-0.3, -0.25) is 9.59 Å². The number of hydrogen-bond acceptors (Lipinski definition) is 4. The van der Waals surface area contributed by atoms with Gasteiger partial charge in [-0.1, -0.05) is 146 Å². The van der Waals surface area contributed by atoms with Crippen LogP contribution in [0, 0.1) is 0 Å². The van der Waals surface area contributed by atoms with Crippen LogP contribution in [-0.4, -0.2) is 46.1 Å². The molecule has 4 aromatic rings. The molecule has 6 rings (SSSR count). The first-order valence-electron chi connectivity index (χ1n) is 14.1. The number of β-lactam (4-membered cyclic amide) rings is 2. The first-order chi connectivity index (χ1) is 20.7. The SMILES string of the molecule is O=C1C(OCc2ccccc2)C(/C=C/c2ccccc2)N1N1C(=O)[C@@H](OCc2ccccc2)[C@H]1/C=C/c1ccccc1. The van der Waals surface area contributed by atoms with Gasteiger partial charge in [-0.15, -0.1) is 0 Å². The average Bonchev–Trinajstić information content (AvgIpc) is 3.05. The zero-order valence-electron chi connectivity index (χ0n) is 23.1. The Morgan fingerprint density at radius 3 is 1.19 bits per heavy atom. The number of nitrogens with zero attached hydrogens (tertiary/aromatic N) is 2. The molecule has 6 heteroatoms.